The van der Waals surface area contributed by atoms with E-state index < -0.39 is 0 Å². The van der Waals surface area contributed by atoms with Gasteiger partial charge in [0.05, 0.1) is 35.9 Å². The SMILES string of the molecule is CC(=O)S[C@@H](c1ccccc1)[C@@H]1CN(Cc2ccccc2)CCO1.CO.C[S-].S[C@@H](c1ccccc1)[C@@H]1CN(Cc2ccccc2)CCO1.[Na+]. The number of thiol groups is 1. The minimum absolute atomic E-state index is 0. The monoisotopic (exact) mass is 742 g/mol. The second-order valence-corrected chi connectivity index (χ2v) is 13.4. The molecule has 1 N–H and O–H groups in total. The third kappa shape index (κ3) is 15.6. The molecule has 10 heteroatoms. The second-order valence-electron chi connectivity index (χ2n) is 11.6. The van der Waals surface area contributed by atoms with E-state index in [-0.39, 0.29) is 57.4 Å². The number of carbonyl (C=O) groups excluding carboxylic acids is 1. The number of ether oxygens (including phenoxy) is 2. The van der Waals surface area contributed by atoms with Crippen molar-refractivity contribution in [3.63, 3.8) is 0 Å². The molecule has 2 aliphatic heterocycles. The molecule has 264 valence electrons. The molecular formula is C40H51N2NaO4S3. The van der Waals surface area contributed by atoms with Crippen LogP contribution in [0, 0.1) is 0 Å². The number of aliphatic hydroxyl groups excluding tert-OH is 1. The normalized spacial score (nSPS) is 18.6. The van der Waals surface area contributed by atoms with E-state index in [9.17, 15) is 4.79 Å². The molecule has 4 aromatic rings. The maximum Gasteiger partial charge on any atom is 1.00 e. The van der Waals surface area contributed by atoms with Gasteiger partial charge in [-0.3, -0.25) is 14.6 Å². The summed E-state index contributed by atoms with van der Waals surface area (Å²) < 4.78 is 12.0. The van der Waals surface area contributed by atoms with Crippen LogP contribution in [0.1, 0.15) is 39.7 Å². The topological polar surface area (TPSA) is 62.2 Å². The Kier molecular flexibility index (Phi) is 23.4. The summed E-state index contributed by atoms with van der Waals surface area (Å²) >= 11 is 10.2. The number of hydrogen-bond acceptors (Lipinski definition) is 9. The van der Waals surface area contributed by atoms with Gasteiger partial charge in [-0.25, -0.2) is 0 Å². The van der Waals surface area contributed by atoms with Gasteiger partial charge in [-0.15, -0.1) is 0 Å². The van der Waals surface area contributed by atoms with Crippen LogP contribution in [0.4, 0.5) is 0 Å². The van der Waals surface area contributed by atoms with Crippen LogP contribution < -0.4 is 29.6 Å². The van der Waals surface area contributed by atoms with E-state index in [0.29, 0.717) is 6.61 Å². The molecule has 2 fully saturated rings. The Morgan fingerprint density at radius 1 is 0.720 bits per heavy atom. The first-order valence-corrected chi connectivity index (χ1v) is 18.8. The van der Waals surface area contributed by atoms with Gasteiger partial charge < -0.3 is 27.2 Å². The van der Waals surface area contributed by atoms with E-state index in [0.717, 1.165) is 58.5 Å². The van der Waals surface area contributed by atoms with Crippen LogP contribution in [0.25, 0.3) is 0 Å². The van der Waals surface area contributed by atoms with Crippen LogP contribution in [0.3, 0.4) is 0 Å². The Hall–Kier alpha value is -1.60. The Labute approximate surface area is 337 Å². The predicted molar refractivity (Wildman–Crippen MR) is 210 cm³/mol. The summed E-state index contributed by atoms with van der Waals surface area (Å²) in [6.45, 7) is 8.71. The molecule has 0 aliphatic carbocycles. The number of hydrogen-bond donors (Lipinski definition) is 2. The number of rotatable bonds is 9. The minimum Gasteiger partial charge on any atom is -0.796 e. The van der Waals surface area contributed by atoms with Crippen molar-refractivity contribution in [3.8, 4) is 0 Å². The molecule has 0 spiro atoms. The summed E-state index contributed by atoms with van der Waals surface area (Å²) in [6.07, 6.45) is 1.76. The molecule has 0 aromatic heterocycles. The van der Waals surface area contributed by atoms with Gasteiger partial charge in [0.15, 0.2) is 5.12 Å². The maximum atomic E-state index is 11.7. The maximum absolute atomic E-state index is 11.7. The van der Waals surface area contributed by atoms with Crippen LogP contribution in [-0.2, 0) is 40.0 Å². The first kappa shape index (κ1) is 44.6. The Balaban J connectivity index is 0.000000312. The summed E-state index contributed by atoms with van der Waals surface area (Å²) in [5.41, 5.74) is 5.05. The first-order chi connectivity index (χ1) is 24.0. The van der Waals surface area contributed by atoms with Crippen LogP contribution in [0.2, 0.25) is 0 Å². The third-order valence-electron chi connectivity index (χ3n) is 8.11. The molecule has 0 saturated carbocycles. The molecule has 0 bridgehead atoms. The van der Waals surface area contributed by atoms with Crippen molar-refractivity contribution in [2.75, 3.05) is 52.8 Å². The molecule has 4 atom stereocenters. The largest absolute Gasteiger partial charge is 1.00 e. The fraction of sp³-hybridized carbons (Fsp3) is 0.375. The van der Waals surface area contributed by atoms with Crippen LogP contribution in [0.15, 0.2) is 121 Å². The van der Waals surface area contributed by atoms with Gasteiger partial charge in [-0.1, -0.05) is 133 Å². The van der Waals surface area contributed by atoms with Gasteiger partial charge in [-0.05, 0) is 22.3 Å². The van der Waals surface area contributed by atoms with E-state index in [4.69, 9.17) is 27.2 Å². The van der Waals surface area contributed by atoms with Crippen molar-refractivity contribution in [2.24, 2.45) is 0 Å². The summed E-state index contributed by atoms with van der Waals surface area (Å²) in [5.74, 6) is 0. The van der Waals surface area contributed by atoms with Gasteiger partial charge in [0.2, 0.25) is 0 Å². The van der Waals surface area contributed by atoms with Crippen LogP contribution >= 0.6 is 24.4 Å². The average Bonchev–Trinajstić information content (AvgIpc) is 3.17. The zero-order valence-corrected chi connectivity index (χ0v) is 34.4. The van der Waals surface area contributed by atoms with Gasteiger partial charge in [0, 0.05) is 53.3 Å². The molecule has 2 saturated heterocycles. The number of benzene rings is 4. The molecule has 2 heterocycles. The van der Waals surface area contributed by atoms with Crippen molar-refractivity contribution in [1.82, 2.24) is 9.80 Å². The Morgan fingerprint density at radius 3 is 1.54 bits per heavy atom. The number of nitrogens with zero attached hydrogens (tertiary/aromatic N) is 2. The molecule has 6 nitrogen and oxygen atoms in total. The average molecular weight is 743 g/mol. The zero-order chi connectivity index (χ0) is 35.3. The summed E-state index contributed by atoms with van der Waals surface area (Å²) in [4.78, 5) is 16.6. The quantitative estimate of drug-likeness (QED) is 0.150. The van der Waals surface area contributed by atoms with Crippen molar-refractivity contribution < 1.29 is 48.9 Å². The number of morpholine rings is 2. The standard InChI is InChI=1S/C20H23NO2S.C18H21NOS.CH4O.CH4S.Na/c1-16(22)24-20(18-10-6-3-7-11-18)19-15-21(12-13-23-19)14-17-8-4-2-5-9-17;21-18(16-9-5-2-6-10-16)17-14-19(11-12-20-17)13-15-7-3-1-4-8-15;2*1-2;/h2-11,19-20H,12-15H2,1H3;1-10,17-18,21H,11-14H2;2*2H,1H3;/q;;;;+1/p-1/t19-,20-;17-,18-;;;/m00.../s1. The van der Waals surface area contributed by atoms with Crippen LogP contribution in [-0.4, -0.2) is 85.0 Å². The molecule has 2 aliphatic rings. The Morgan fingerprint density at radius 2 is 1.10 bits per heavy atom. The van der Waals surface area contributed by atoms with Gasteiger partial charge >= 0.3 is 29.6 Å². The molecule has 6 rings (SSSR count). The van der Waals surface area contributed by atoms with Crippen molar-refractivity contribution in [1.29, 1.82) is 0 Å². The fourth-order valence-electron chi connectivity index (χ4n) is 5.85. The minimum atomic E-state index is 0. The van der Waals surface area contributed by atoms with Crippen molar-refractivity contribution in [2.45, 2.75) is 42.7 Å². The van der Waals surface area contributed by atoms with E-state index >= 15 is 0 Å². The van der Waals surface area contributed by atoms with E-state index in [2.05, 4.69) is 113 Å². The van der Waals surface area contributed by atoms with Gasteiger partial charge in [0.1, 0.15) is 0 Å². The summed E-state index contributed by atoms with van der Waals surface area (Å²) in [7, 11) is 1.00. The molecule has 4 aromatic carbocycles. The number of aliphatic hydroxyl groups is 1. The smallest absolute Gasteiger partial charge is 0.796 e. The van der Waals surface area contributed by atoms with Gasteiger partial charge in [0.25, 0.3) is 0 Å². The number of carbonyl (C=O) groups is 1. The molecule has 0 radical (unpaired) electrons. The summed E-state index contributed by atoms with van der Waals surface area (Å²) in [6, 6.07) is 41.7. The van der Waals surface area contributed by atoms with Crippen molar-refractivity contribution in [3.05, 3.63) is 144 Å². The molecular weight excluding hydrogens is 692 g/mol. The molecule has 0 unspecified atom stereocenters. The van der Waals surface area contributed by atoms with E-state index in [1.54, 1.807) is 13.2 Å². The first-order valence-electron chi connectivity index (χ1n) is 16.6. The van der Waals surface area contributed by atoms with Crippen LogP contribution in [0.5, 0.6) is 0 Å². The summed E-state index contributed by atoms with van der Waals surface area (Å²) in [5, 5.41) is 7.31. The zero-order valence-electron chi connectivity index (χ0n) is 29.8. The van der Waals surface area contributed by atoms with Gasteiger partial charge in [-0.2, -0.15) is 18.9 Å². The third-order valence-corrected chi connectivity index (χ3v) is 9.90. The molecule has 0 amide bonds. The number of thioether (sulfide) groups is 1. The van der Waals surface area contributed by atoms with E-state index in [1.807, 2.05) is 30.3 Å². The Bertz CT molecular complexity index is 1430. The fourth-order valence-corrected chi connectivity index (χ4v) is 7.17. The predicted octanol–water partition coefficient (Wildman–Crippen LogP) is 4.24. The molecule has 50 heavy (non-hydrogen) atoms. The van der Waals surface area contributed by atoms with E-state index in [1.165, 1.54) is 28.5 Å². The van der Waals surface area contributed by atoms with Crippen molar-refractivity contribution >= 4 is 42.1 Å². The second kappa shape index (κ2) is 26.2.